The van der Waals surface area contributed by atoms with Crippen molar-refractivity contribution in [2.24, 2.45) is 0 Å². The van der Waals surface area contributed by atoms with Gasteiger partial charge in [-0.25, -0.2) is 4.79 Å². The molecule has 1 unspecified atom stereocenters. The molecule has 0 aliphatic carbocycles. The molecule has 0 radical (unpaired) electrons. The quantitative estimate of drug-likeness (QED) is 0.803. The first-order valence-corrected chi connectivity index (χ1v) is 6.81. The lowest BCUT2D eigenvalue weighted by Crippen LogP contribution is -2.41. The predicted octanol–water partition coefficient (Wildman–Crippen LogP) is 3.79. The van der Waals surface area contributed by atoms with Crippen LogP contribution in [0.5, 0.6) is 0 Å². The predicted molar refractivity (Wildman–Crippen MR) is 74.8 cm³/mol. The van der Waals surface area contributed by atoms with Gasteiger partial charge in [0.2, 0.25) is 0 Å². The number of nitrogens with one attached hydrogen (secondary N) is 1. The van der Waals surface area contributed by atoms with Crippen LogP contribution >= 0.6 is 0 Å². The summed E-state index contributed by atoms with van der Waals surface area (Å²) in [6, 6.07) is 8.32. The standard InChI is InChI=1S/C15H22N2O/c1-12-7-6-9-14(11-12)16-15(18)17-10-5-3-4-8-13(17)2/h6-7,9,11,13H,3-5,8,10H2,1-2H3,(H,16,18). The molecule has 3 nitrogen and oxygen atoms in total. The van der Waals surface area contributed by atoms with Crippen molar-refractivity contribution < 1.29 is 4.79 Å². The van der Waals surface area contributed by atoms with Gasteiger partial charge in [-0.05, 0) is 44.4 Å². The second-order valence-electron chi connectivity index (χ2n) is 5.19. The number of likely N-dealkylation sites (tertiary alicyclic amines) is 1. The molecule has 1 aliphatic rings. The van der Waals surface area contributed by atoms with Gasteiger partial charge in [-0.2, -0.15) is 0 Å². The highest BCUT2D eigenvalue weighted by Crippen LogP contribution is 2.18. The number of hydrogen-bond donors (Lipinski definition) is 1. The maximum Gasteiger partial charge on any atom is 0.322 e. The first-order chi connectivity index (χ1) is 8.66. The number of nitrogens with zero attached hydrogens (tertiary/aromatic N) is 1. The van der Waals surface area contributed by atoms with Crippen molar-refractivity contribution in [3.63, 3.8) is 0 Å². The van der Waals surface area contributed by atoms with E-state index in [0.717, 1.165) is 30.6 Å². The average Bonchev–Trinajstić information content (AvgIpc) is 2.54. The van der Waals surface area contributed by atoms with Crippen LogP contribution in [0.1, 0.15) is 38.2 Å². The van der Waals surface area contributed by atoms with Crippen molar-refractivity contribution in [2.75, 3.05) is 11.9 Å². The highest BCUT2D eigenvalue weighted by molar-refractivity contribution is 5.89. The number of carbonyl (C=O) groups excluding carboxylic acids is 1. The lowest BCUT2D eigenvalue weighted by atomic mass is 10.1. The van der Waals surface area contributed by atoms with E-state index in [0.29, 0.717) is 6.04 Å². The molecule has 1 heterocycles. The second-order valence-corrected chi connectivity index (χ2v) is 5.19. The normalized spacial score (nSPS) is 20.3. The van der Waals surface area contributed by atoms with Gasteiger partial charge in [0, 0.05) is 18.3 Å². The molecule has 0 bridgehead atoms. The van der Waals surface area contributed by atoms with Crippen molar-refractivity contribution in [1.29, 1.82) is 0 Å². The summed E-state index contributed by atoms with van der Waals surface area (Å²) in [5.41, 5.74) is 2.05. The van der Waals surface area contributed by atoms with Crippen LogP contribution < -0.4 is 5.32 Å². The maximum atomic E-state index is 12.3. The first kappa shape index (κ1) is 12.9. The third kappa shape index (κ3) is 3.25. The summed E-state index contributed by atoms with van der Waals surface area (Å²) in [4.78, 5) is 14.2. The maximum absolute atomic E-state index is 12.3. The summed E-state index contributed by atoms with van der Waals surface area (Å²) in [7, 11) is 0. The summed E-state index contributed by atoms with van der Waals surface area (Å²) in [5.74, 6) is 0. The van der Waals surface area contributed by atoms with Crippen molar-refractivity contribution in [3.8, 4) is 0 Å². The molecule has 1 aromatic rings. The van der Waals surface area contributed by atoms with E-state index in [9.17, 15) is 4.79 Å². The van der Waals surface area contributed by atoms with E-state index in [-0.39, 0.29) is 6.03 Å². The number of aryl methyl sites for hydroxylation is 1. The summed E-state index contributed by atoms with van der Waals surface area (Å²) in [6.45, 7) is 5.05. The first-order valence-electron chi connectivity index (χ1n) is 6.81. The number of amides is 2. The average molecular weight is 246 g/mol. The third-order valence-electron chi connectivity index (χ3n) is 3.58. The van der Waals surface area contributed by atoms with Crippen LogP contribution in [-0.2, 0) is 0 Å². The Morgan fingerprint density at radius 1 is 1.33 bits per heavy atom. The zero-order valence-electron chi connectivity index (χ0n) is 11.3. The van der Waals surface area contributed by atoms with Gasteiger partial charge in [0.1, 0.15) is 0 Å². The fourth-order valence-electron chi connectivity index (χ4n) is 2.49. The van der Waals surface area contributed by atoms with E-state index in [4.69, 9.17) is 0 Å². The Balaban J connectivity index is 2.02. The fraction of sp³-hybridized carbons (Fsp3) is 0.533. The van der Waals surface area contributed by atoms with Crippen LogP contribution in [0.25, 0.3) is 0 Å². The Morgan fingerprint density at radius 3 is 2.94 bits per heavy atom. The van der Waals surface area contributed by atoms with Crippen LogP contribution in [0.3, 0.4) is 0 Å². The molecule has 1 saturated heterocycles. The van der Waals surface area contributed by atoms with Crippen molar-refractivity contribution in [2.45, 2.75) is 45.6 Å². The molecule has 2 rings (SSSR count). The molecule has 2 amide bonds. The highest BCUT2D eigenvalue weighted by atomic mass is 16.2. The van der Waals surface area contributed by atoms with Crippen molar-refractivity contribution in [1.82, 2.24) is 4.90 Å². The number of benzene rings is 1. The molecule has 0 spiro atoms. The Hall–Kier alpha value is -1.51. The zero-order valence-corrected chi connectivity index (χ0v) is 11.3. The largest absolute Gasteiger partial charge is 0.322 e. The summed E-state index contributed by atoms with van der Waals surface area (Å²) < 4.78 is 0. The molecule has 1 N–H and O–H groups in total. The van der Waals surface area contributed by atoms with Gasteiger partial charge >= 0.3 is 6.03 Å². The van der Waals surface area contributed by atoms with Crippen LogP contribution in [0.15, 0.2) is 24.3 Å². The van der Waals surface area contributed by atoms with E-state index in [1.54, 1.807) is 0 Å². The van der Waals surface area contributed by atoms with Gasteiger partial charge in [-0.1, -0.05) is 25.0 Å². The van der Waals surface area contributed by atoms with Crippen LogP contribution in [0.2, 0.25) is 0 Å². The van der Waals surface area contributed by atoms with Gasteiger partial charge in [0.25, 0.3) is 0 Å². The Morgan fingerprint density at radius 2 is 2.17 bits per heavy atom. The van der Waals surface area contributed by atoms with Gasteiger partial charge < -0.3 is 10.2 Å². The molecule has 1 aliphatic heterocycles. The minimum absolute atomic E-state index is 0.0370. The molecule has 1 atom stereocenters. The van der Waals surface area contributed by atoms with Crippen molar-refractivity contribution in [3.05, 3.63) is 29.8 Å². The molecule has 0 saturated carbocycles. The smallest absolute Gasteiger partial charge is 0.322 e. The minimum atomic E-state index is 0.0370. The van der Waals surface area contributed by atoms with E-state index >= 15 is 0 Å². The molecule has 3 heteroatoms. The Labute approximate surface area is 109 Å². The summed E-state index contributed by atoms with van der Waals surface area (Å²) in [5, 5.41) is 3.00. The molecular weight excluding hydrogens is 224 g/mol. The van der Waals surface area contributed by atoms with E-state index in [1.165, 1.54) is 12.8 Å². The lowest BCUT2D eigenvalue weighted by molar-refractivity contribution is 0.194. The number of urea groups is 1. The molecule has 98 valence electrons. The zero-order chi connectivity index (χ0) is 13.0. The summed E-state index contributed by atoms with van der Waals surface area (Å²) >= 11 is 0. The molecule has 1 fully saturated rings. The number of rotatable bonds is 1. The number of carbonyl (C=O) groups is 1. The molecular formula is C15H22N2O. The minimum Gasteiger partial charge on any atom is -0.322 e. The van der Waals surface area contributed by atoms with E-state index in [1.807, 2.05) is 36.1 Å². The van der Waals surface area contributed by atoms with Gasteiger partial charge in [0.05, 0.1) is 0 Å². The van der Waals surface area contributed by atoms with Crippen LogP contribution in [0.4, 0.5) is 10.5 Å². The topological polar surface area (TPSA) is 32.3 Å². The fourth-order valence-corrected chi connectivity index (χ4v) is 2.49. The van der Waals surface area contributed by atoms with Gasteiger partial charge in [-0.3, -0.25) is 0 Å². The lowest BCUT2D eigenvalue weighted by Gasteiger charge is -2.27. The Bertz CT molecular complexity index is 417. The monoisotopic (exact) mass is 246 g/mol. The van der Waals surface area contributed by atoms with Gasteiger partial charge in [0.15, 0.2) is 0 Å². The third-order valence-corrected chi connectivity index (χ3v) is 3.58. The molecule has 0 aromatic heterocycles. The number of anilines is 1. The van der Waals surface area contributed by atoms with Crippen LogP contribution in [-0.4, -0.2) is 23.5 Å². The Kier molecular flexibility index (Phi) is 4.24. The van der Waals surface area contributed by atoms with Crippen LogP contribution in [0, 0.1) is 6.92 Å². The molecule has 18 heavy (non-hydrogen) atoms. The van der Waals surface area contributed by atoms with Crippen molar-refractivity contribution >= 4 is 11.7 Å². The highest BCUT2D eigenvalue weighted by Gasteiger charge is 2.21. The second kappa shape index (κ2) is 5.89. The molecule has 1 aromatic carbocycles. The summed E-state index contributed by atoms with van der Waals surface area (Å²) in [6.07, 6.45) is 4.70. The van der Waals surface area contributed by atoms with Gasteiger partial charge in [-0.15, -0.1) is 0 Å². The SMILES string of the molecule is Cc1cccc(NC(=O)N2CCCCCC2C)c1. The number of hydrogen-bond acceptors (Lipinski definition) is 1. The van der Waals surface area contributed by atoms with E-state index < -0.39 is 0 Å². The van der Waals surface area contributed by atoms with E-state index in [2.05, 4.69) is 12.2 Å².